The molecule has 0 spiro atoms. The Hall–Kier alpha value is -3.56. The van der Waals surface area contributed by atoms with Gasteiger partial charge in [0.15, 0.2) is 0 Å². The minimum Gasteiger partial charge on any atom is -0.487 e. The van der Waals surface area contributed by atoms with Crippen LogP contribution in [0.3, 0.4) is 0 Å². The van der Waals surface area contributed by atoms with Gasteiger partial charge in [-0.25, -0.2) is 10.9 Å². The van der Waals surface area contributed by atoms with Crippen molar-refractivity contribution in [2.45, 2.75) is 25.5 Å². The van der Waals surface area contributed by atoms with Crippen LogP contribution in [0.4, 0.5) is 0 Å². The van der Waals surface area contributed by atoms with Crippen molar-refractivity contribution in [3.8, 4) is 5.75 Å². The number of nitrogens with two attached hydrogens (primary N) is 1. The number of benzene rings is 2. The first-order valence-electron chi connectivity index (χ1n) is 9.68. The summed E-state index contributed by atoms with van der Waals surface area (Å²) in [6, 6.07) is 13.7. The second kappa shape index (κ2) is 7.29. The Kier molecular flexibility index (Phi) is 4.57. The zero-order valence-electron chi connectivity index (χ0n) is 16.2. The molecule has 3 aromatic rings. The van der Waals surface area contributed by atoms with Gasteiger partial charge in [0.25, 0.3) is 17.7 Å². The first-order chi connectivity index (χ1) is 15.0. The van der Waals surface area contributed by atoms with Crippen molar-refractivity contribution in [1.82, 2.24) is 9.91 Å². The largest absolute Gasteiger partial charge is 0.487 e. The molecule has 1 aromatic heterocycles. The number of imide groups is 2. The zero-order chi connectivity index (χ0) is 21.7. The predicted octanol–water partition coefficient (Wildman–Crippen LogP) is 2.47. The smallest absolute Gasteiger partial charge is 0.266 e. The minimum atomic E-state index is -1.11. The number of nitrogens with zero attached hydrogens (tertiary/aromatic N) is 2. The highest BCUT2D eigenvalue weighted by atomic mass is 32.1. The maximum absolute atomic E-state index is 13.1. The normalized spacial score (nSPS) is 18.8. The first kappa shape index (κ1) is 19.4. The standard InChI is InChI=1S/C22H17N3O5S/c23-25-18(26)9-8-15(21(25)28)24-20(27)14-5-3-6-16(19(14)22(24)29)30-11-13-10-12-4-1-2-7-17(12)31-13/h1-7,10,15H,8-9,11,23H2. The molecule has 0 bridgehead atoms. The summed E-state index contributed by atoms with van der Waals surface area (Å²) in [5, 5.41) is 1.59. The molecule has 1 atom stereocenters. The average molecular weight is 435 g/mol. The molecule has 9 heteroatoms. The van der Waals surface area contributed by atoms with E-state index >= 15 is 0 Å². The Morgan fingerprint density at radius 2 is 1.84 bits per heavy atom. The van der Waals surface area contributed by atoms with Gasteiger partial charge in [-0.05, 0) is 36.1 Å². The minimum absolute atomic E-state index is 0.0182. The van der Waals surface area contributed by atoms with Gasteiger partial charge >= 0.3 is 0 Å². The van der Waals surface area contributed by atoms with E-state index in [9.17, 15) is 19.2 Å². The lowest BCUT2D eigenvalue weighted by molar-refractivity contribution is -0.151. The van der Waals surface area contributed by atoms with Crippen LogP contribution in [0, 0.1) is 0 Å². The maximum atomic E-state index is 13.1. The molecule has 1 fully saturated rings. The van der Waals surface area contributed by atoms with Gasteiger partial charge in [0.1, 0.15) is 18.4 Å². The number of ether oxygens (including phenoxy) is 1. The molecule has 2 aliphatic rings. The Morgan fingerprint density at radius 1 is 1.03 bits per heavy atom. The molecular formula is C22H17N3O5S. The number of hydrogen-bond donors (Lipinski definition) is 1. The average Bonchev–Trinajstić information content (AvgIpc) is 3.30. The van der Waals surface area contributed by atoms with Crippen LogP contribution in [0.15, 0.2) is 48.5 Å². The molecule has 1 unspecified atom stereocenters. The van der Waals surface area contributed by atoms with Gasteiger partial charge in [-0.3, -0.25) is 24.1 Å². The Labute approximate surface area is 180 Å². The van der Waals surface area contributed by atoms with Crippen molar-refractivity contribution >= 4 is 45.1 Å². The third kappa shape index (κ3) is 3.09. The van der Waals surface area contributed by atoms with Gasteiger partial charge < -0.3 is 4.74 Å². The van der Waals surface area contributed by atoms with E-state index in [2.05, 4.69) is 0 Å². The molecule has 4 amide bonds. The number of fused-ring (bicyclic) bond motifs is 2. The van der Waals surface area contributed by atoms with E-state index in [1.54, 1.807) is 23.5 Å². The van der Waals surface area contributed by atoms with E-state index in [-0.39, 0.29) is 36.3 Å². The Bertz CT molecular complexity index is 1230. The van der Waals surface area contributed by atoms with Gasteiger partial charge in [0.05, 0.1) is 11.1 Å². The summed E-state index contributed by atoms with van der Waals surface area (Å²) >= 11 is 1.59. The fraction of sp³-hybridized carbons (Fsp3) is 0.182. The number of rotatable bonds is 4. The molecule has 0 saturated carbocycles. The number of carbonyl (C=O) groups is 4. The number of hydrogen-bond acceptors (Lipinski definition) is 7. The molecule has 156 valence electrons. The number of thiophene rings is 1. The predicted molar refractivity (Wildman–Crippen MR) is 112 cm³/mol. The van der Waals surface area contributed by atoms with Gasteiger partial charge in [0, 0.05) is 16.0 Å². The van der Waals surface area contributed by atoms with Crippen LogP contribution in [-0.2, 0) is 16.2 Å². The molecule has 2 aromatic carbocycles. The van der Waals surface area contributed by atoms with Gasteiger partial charge in [-0.1, -0.05) is 24.3 Å². The van der Waals surface area contributed by atoms with Crippen LogP contribution < -0.4 is 10.6 Å². The summed E-state index contributed by atoms with van der Waals surface area (Å²) in [6.07, 6.45) is 0.0322. The fourth-order valence-corrected chi connectivity index (χ4v) is 4.94. The highest BCUT2D eigenvalue weighted by Gasteiger charge is 2.47. The van der Waals surface area contributed by atoms with Crippen LogP contribution in [0.5, 0.6) is 5.75 Å². The summed E-state index contributed by atoms with van der Waals surface area (Å²) in [5.41, 5.74) is 0.300. The van der Waals surface area contributed by atoms with Gasteiger partial charge in [0.2, 0.25) is 5.91 Å². The van der Waals surface area contributed by atoms with Crippen molar-refractivity contribution in [2.24, 2.45) is 5.84 Å². The van der Waals surface area contributed by atoms with E-state index in [0.29, 0.717) is 5.01 Å². The maximum Gasteiger partial charge on any atom is 0.266 e. The van der Waals surface area contributed by atoms with E-state index in [1.807, 2.05) is 30.3 Å². The van der Waals surface area contributed by atoms with Crippen molar-refractivity contribution < 1.29 is 23.9 Å². The number of carbonyl (C=O) groups excluding carboxylic acids is 4. The number of amides is 4. The van der Waals surface area contributed by atoms with Gasteiger partial charge in [-0.15, -0.1) is 11.3 Å². The summed E-state index contributed by atoms with van der Waals surface area (Å²) in [6.45, 7) is 0.241. The van der Waals surface area contributed by atoms with E-state index in [1.165, 1.54) is 6.07 Å². The van der Waals surface area contributed by atoms with Crippen molar-refractivity contribution in [2.75, 3.05) is 0 Å². The zero-order valence-corrected chi connectivity index (χ0v) is 17.1. The summed E-state index contributed by atoms with van der Waals surface area (Å²) in [5.74, 6) is 3.28. The summed E-state index contributed by atoms with van der Waals surface area (Å²) < 4.78 is 7.05. The van der Waals surface area contributed by atoms with Crippen LogP contribution in [0.1, 0.15) is 38.4 Å². The third-order valence-corrected chi connectivity index (χ3v) is 6.58. The van der Waals surface area contributed by atoms with Crippen LogP contribution >= 0.6 is 11.3 Å². The molecule has 2 aliphatic heterocycles. The number of hydrazine groups is 1. The molecule has 2 N–H and O–H groups in total. The molecule has 0 radical (unpaired) electrons. The molecule has 1 saturated heterocycles. The van der Waals surface area contributed by atoms with Crippen molar-refractivity contribution in [3.63, 3.8) is 0 Å². The van der Waals surface area contributed by atoms with Crippen molar-refractivity contribution in [3.05, 3.63) is 64.5 Å². The molecule has 3 heterocycles. The third-order valence-electron chi connectivity index (χ3n) is 5.49. The lowest BCUT2D eigenvalue weighted by Crippen LogP contribution is -2.58. The molecule has 8 nitrogen and oxygen atoms in total. The van der Waals surface area contributed by atoms with Crippen LogP contribution in [-0.4, -0.2) is 39.6 Å². The molecule has 5 rings (SSSR count). The second-order valence-corrected chi connectivity index (χ2v) is 8.52. The van der Waals surface area contributed by atoms with E-state index < -0.39 is 29.7 Å². The monoisotopic (exact) mass is 435 g/mol. The van der Waals surface area contributed by atoms with Crippen LogP contribution in [0.25, 0.3) is 10.1 Å². The molecule has 0 aliphatic carbocycles. The van der Waals surface area contributed by atoms with E-state index in [4.69, 9.17) is 10.6 Å². The quantitative estimate of drug-likeness (QED) is 0.383. The fourth-order valence-electron chi connectivity index (χ4n) is 3.96. The highest BCUT2D eigenvalue weighted by molar-refractivity contribution is 7.19. The van der Waals surface area contributed by atoms with Crippen molar-refractivity contribution in [1.29, 1.82) is 0 Å². The van der Waals surface area contributed by atoms with Gasteiger partial charge in [-0.2, -0.15) is 0 Å². The summed E-state index contributed by atoms with van der Waals surface area (Å²) in [7, 11) is 0. The topological polar surface area (TPSA) is 110 Å². The highest BCUT2D eigenvalue weighted by Crippen LogP contribution is 2.35. The first-order valence-corrected chi connectivity index (χ1v) is 10.5. The lowest BCUT2D eigenvalue weighted by atomic mass is 10.0. The Balaban J connectivity index is 1.42. The summed E-state index contributed by atoms with van der Waals surface area (Å²) in [4.78, 5) is 52.1. The molecular weight excluding hydrogens is 418 g/mol. The van der Waals surface area contributed by atoms with Crippen LogP contribution in [0.2, 0.25) is 0 Å². The van der Waals surface area contributed by atoms with E-state index in [0.717, 1.165) is 19.9 Å². The Morgan fingerprint density at radius 3 is 2.65 bits per heavy atom. The molecule has 31 heavy (non-hydrogen) atoms. The lowest BCUT2D eigenvalue weighted by Gasteiger charge is -2.31. The second-order valence-electron chi connectivity index (χ2n) is 7.35. The SMILES string of the molecule is NN1C(=O)CCC(N2C(=O)c3cccc(OCc4cc5ccccc5s4)c3C2=O)C1=O. The number of piperidine rings is 1.